The lowest BCUT2D eigenvalue weighted by molar-refractivity contribution is 0.0611. The summed E-state index contributed by atoms with van der Waals surface area (Å²) in [7, 11) is 1.82. The van der Waals surface area contributed by atoms with Crippen LogP contribution in [-0.2, 0) is 7.05 Å². The van der Waals surface area contributed by atoms with Crippen LogP contribution in [0.4, 0.5) is 0 Å². The molecule has 5 heteroatoms. The number of aryl methyl sites for hydroxylation is 1. The molecule has 0 saturated carbocycles. The number of piperidine rings is 1. The van der Waals surface area contributed by atoms with E-state index in [1.165, 1.54) is 0 Å². The number of hydrogen-bond acceptors (Lipinski definition) is 3. The molecule has 1 amide bonds. The molecular formula is C12H20N4O. The van der Waals surface area contributed by atoms with Crippen LogP contribution in [0, 0.1) is 5.41 Å². The van der Waals surface area contributed by atoms with Gasteiger partial charge in [0, 0.05) is 26.3 Å². The Morgan fingerprint density at radius 2 is 2.18 bits per heavy atom. The number of nitrogens with zero attached hydrogens (tertiary/aromatic N) is 3. The summed E-state index contributed by atoms with van der Waals surface area (Å²) < 4.78 is 1.65. The molecule has 17 heavy (non-hydrogen) atoms. The molecule has 1 saturated heterocycles. The van der Waals surface area contributed by atoms with Gasteiger partial charge in [-0.05, 0) is 30.9 Å². The summed E-state index contributed by atoms with van der Waals surface area (Å²) in [4.78, 5) is 14.0. The van der Waals surface area contributed by atoms with Gasteiger partial charge >= 0.3 is 0 Å². The van der Waals surface area contributed by atoms with Gasteiger partial charge in [0.05, 0.1) is 0 Å². The molecule has 1 aliphatic heterocycles. The first-order chi connectivity index (χ1) is 8.04. The number of aromatic nitrogens is 2. The van der Waals surface area contributed by atoms with Gasteiger partial charge in [0.25, 0.3) is 5.91 Å². The van der Waals surface area contributed by atoms with E-state index in [1.807, 2.05) is 11.9 Å². The number of amides is 1. The lowest BCUT2D eigenvalue weighted by atomic mass is 9.80. The van der Waals surface area contributed by atoms with Gasteiger partial charge in [-0.2, -0.15) is 5.10 Å². The third-order valence-electron chi connectivity index (χ3n) is 3.68. The first-order valence-corrected chi connectivity index (χ1v) is 6.03. The summed E-state index contributed by atoms with van der Waals surface area (Å²) in [6.45, 7) is 4.44. The molecule has 1 fully saturated rings. The second-order valence-corrected chi connectivity index (χ2v) is 5.18. The van der Waals surface area contributed by atoms with Gasteiger partial charge in [0.1, 0.15) is 5.69 Å². The molecule has 1 aromatic rings. The van der Waals surface area contributed by atoms with Crippen LogP contribution in [0.3, 0.4) is 0 Å². The van der Waals surface area contributed by atoms with E-state index in [9.17, 15) is 4.79 Å². The number of hydrogen-bond donors (Lipinski definition) is 1. The second-order valence-electron chi connectivity index (χ2n) is 5.18. The maximum Gasteiger partial charge on any atom is 0.274 e. The predicted octanol–water partition coefficient (Wildman–Crippen LogP) is 0.621. The smallest absolute Gasteiger partial charge is 0.274 e. The molecule has 0 unspecified atom stereocenters. The van der Waals surface area contributed by atoms with Gasteiger partial charge in [-0.3, -0.25) is 9.48 Å². The van der Waals surface area contributed by atoms with E-state index >= 15 is 0 Å². The molecule has 2 N–H and O–H groups in total. The maximum atomic E-state index is 12.1. The predicted molar refractivity (Wildman–Crippen MR) is 65.5 cm³/mol. The van der Waals surface area contributed by atoms with Crippen LogP contribution in [0.2, 0.25) is 0 Å². The maximum absolute atomic E-state index is 12.1. The summed E-state index contributed by atoms with van der Waals surface area (Å²) in [6.07, 6.45) is 3.74. The minimum absolute atomic E-state index is 0.0321. The molecule has 2 rings (SSSR count). The molecule has 1 aliphatic rings. The van der Waals surface area contributed by atoms with Crippen molar-refractivity contribution in [2.45, 2.75) is 19.8 Å². The van der Waals surface area contributed by atoms with Crippen molar-refractivity contribution in [1.29, 1.82) is 0 Å². The molecule has 0 atom stereocenters. The quantitative estimate of drug-likeness (QED) is 0.818. The highest BCUT2D eigenvalue weighted by Crippen LogP contribution is 2.29. The number of carbonyl (C=O) groups excluding carboxylic acids is 1. The Balaban J connectivity index is 1.99. The normalized spacial score (nSPS) is 19.4. The van der Waals surface area contributed by atoms with Crippen LogP contribution in [-0.4, -0.2) is 40.2 Å². The Morgan fingerprint density at radius 3 is 2.65 bits per heavy atom. The fourth-order valence-electron chi connectivity index (χ4n) is 2.14. The van der Waals surface area contributed by atoms with Gasteiger partial charge in [-0.25, -0.2) is 0 Å². The van der Waals surface area contributed by atoms with Crippen LogP contribution >= 0.6 is 0 Å². The van der Waals surface area contributed by atoms with Gasteiger partial charge in [-0.1, -0.05) is 6.92 Å². The average molecular weight is 236 g/mol. The minimum atomic E-state index is 0.0321. The second kappa shape index (κ2) is 4.49. The first-order valence-electron chi connectivity index (χ1n) is 6.03. The molecule has 0 spiro atoms. The largest absolute Gasteiger partial charge is 0.337 e. The van der Waals surface area contributed by atoms with Crippen molar-refractivity contribution in [1.82, 2.24) is 14.7 Å². The molecule has 0 radical (unpaired) electrons. The average Bonchev–Trinajstić information content (AvgIpc) is 2.76. The lowest BCUT2D eigenvalue weighted by Gasteiger charge is -2.38. The monoisotopic (exact) mass is 236 g/mol. The summed E-state index contributed by atoms with van der Waals surface area (Å²) in [5.41, 5.74) is 6.48. The van der Waals surface area contributed by atoms with Crippen molar-refractivity contribution in [2.24, 2.45) is 18.2 Å². The topological polar surface area (TPSA) is 64.2 Å². The van der Waals surface area contributed by atoms with Crippen LogP contribution in [0.15, 0.2) is 12.3 Å². The fourth-order valence-corrected chi connectivity index (χ4v) is 2.14. The zero-order valence-corrected chi connectivity index (χ0v) is 10.5. The van der Waals surface area contributed by atoms with Crippen LogP contribution < -0.4 is 5.73 Å². The van der Waals surface area contributed by atoms with E-state index in [2.05, 4.69) is 12.0 Å². The Hall–Kier alpha value is -1.36. The van der Waals surface area contributed by atoms with Crippen molar-refractivity contribution >= 4 is 5.91 Å². The number of rotatable bonds is 2. The van der Waals surface area contributed by atoms with Gasteiger partial charge < -0.3 is 10.6 Å². The Morgan fingerprint density at radius 1 is 1.53 bits per heavy atom. The molecule has 0 aromatic carbocycles. The molecule has 5 nitrogen and oxygen atoms in total. The Kier molecular flexibility index (Phi) is 3.19. The molecular weight excluding hydrogens is 216 g/mol. The highest BCUT2D eigenvalue weighted by molar-refractivity contribution is 5.92. The van der Waals surface area contributed by atoms with Gasteiger partial charge in [-0.15, -0.1) is 0 Å². The van der Waals surface area contributed by atoms with Crippen molar-refractivity contribution in [3.63, 3.8) is 0 Å². The zero-order chi connectivity index (χ0) is 12.5. The van der Waals surface area contributed by atoms with Crippen LogP contribution in [0.5, 0.6) is 0 Å². The van der Waals surface area contributed by atoms with E-state index in [4.69, 9.17) is 5.73 Å². The van der Waals surface area contributed by atoms with Crippen molar-refractivity contribution in [2.75, 3.05) is 19.6 Å². The van der Waals surface area contributed by atoms with E-state index in [1.54, 1.807) is 16.9 Å². The summed E-state index contributed by atoms with van der Waals surface area (Å²) in [5.74, 6) is 0.0321. The van der Waals surface area contributed by atoms with E-state index in [0.717, 1.165) is 25.9 Å². The first kappa shape index (κ1) is 12.1. The van der Waals surface area contributed by atoms with Crippen molar-refractivity contribution < 1.29 is 4.79 Å². The van der Waals surface area contributed by atoms with Crippen molar-refractivity contribution in [3.8, 4) is 0 Å². The van der Waals surface area contributed by atoms with Crippen molar-refractivity contribution in [3.05, 3.63) is 18.0 Å². The third kappa shape index (κ3) is 2.49. The zero-order valence-electron chi connectivity index (χ0n) is 10.5. The highest BCUT2D eigenvalue weighted by Gasteiger charge is 2.31. The van der Waals surface area contributed by atoms with E-state index in [0.29, 0.717) is 12.2 Å². The minimum Gasteiger partial charge on any atom is -0.337 e. The van der Waals surface area contributed by atoms with Gasteiger partial charge in [0.15, 0.2) is 0 Å². The lowest BCUT2D eigenvalue weighted by Crippen LogP contribution is -2.44. The van der Waals surface area contributed by atoms with Gasteiger partial charge in [0.2, 0.25) is 0 Å². The Labute approximate surface area is 102 Å². The summed E-state index contributed by atoms with van der Waals surface area (Å²) >= 11 is 0. The van der Waals surface area contributed by atoms with E-state index in [-0.39, 0.29) is 11.3 Å². The molecule has 2 heterocycles. The Bertz CT molecular complexity index is 404. The van der Waals surface area contributed by atoms with E-state index < -0.39 is 0 Å². The van der Waals surface area contributed by atoms with Crippen LogP contribution in [0.1, 0.15) is 30.3 Å². The highest BCUT2D eigenvalue weighted by atomic mass is 16.2. The molecule has 0 bridgehead atoms. The molecule has 0 aliphatic carbocycles. The number of likely N-dealkylation sites (tertiary alicyclic amines) is 1. The molecule has 94 valence electrons. The summed E-state index contributed by atoms with van der Waals surface area (Å²) in [5, 5.41) is 4.14. The summed E-state index contributed by atoms with van der Waals surface area (Å²) in [6, 6.07) is 1.76. The van der Waals surface area contributed by atoms with Crippen LogP contribution in [0.25, 0.3) is 0 Å². The SMILES string of the molecule is Cn1ccc(C(=O)N2CCC(C)(CN)CC2)n1. The number of nitrogens with two attached hydrogens (primary N) is 1. The molecule has 1 aromatic heterocycles. The fraction of sp³-hybridized carbons (Fsp3) is 0.667. The standard InChI is InChI=1S/C12H20N4O/c1-12(9-13)4-7-16(8-5-12)11(17)10-3-6-15(2)14-10/h3,6H,4-5,7-9,13H2,1-2H3. The third-order valence-corrected chi connectivity index (χ3v) is 3.68. The number of carbonyl (C=O) groups is 1.